The zero-order valence-corrected chi connectivity index (χ0v) is 17.1. The van der Waals surface area contributed by atoms with E-state index in [-0.39, 0.29) is 11.4 Å². The first kappa shape index (κ1) is 21.4. The van der Waals surface area contributed by atoms with Crippen LogP contribution in [0.15, 0.2) is 23.4 Å². The van der Waals surface area contributed by atoms with E-state index in [1.165, 1.54) is 0 Å². The summed E-state index contributed by atoms with van der Waals surface area (Å²) in [6, 6.07) is 2.30. The fraction of sp³-hybridized carbons (Fsp3) is 0.500. The third kappa shape index (κ3) is 4.75. The van der Waals surface area contributed by atoms with E-state index in [9.17, 15) is 28.1 Å². The van der Waals surface area contributed by atoms with Gasteiger partial charge in [0.25, 0.3) is 5.69 Å². The van der Waals surface area contributed by atoms with Crippen LogP contribution in [0.5, 0.6) is 0 Å². The normalized spacial score (nSPS) is 16.5. The summed E-state index contributed by atoms with van der Waals surface area (Å²) >= 11 is 1.14. The van der Waals surface area contributed by atoms with Crippen molar-refractivity contribution in [1.29, 1.82) is 0 Å². The average molecular weight is 456 g/mol. The summed E-state index contributed by atoms with van der Waals surface area (Å²) in [6.45, 7) is 1.82. The van der Waals surface area contributed by atoms with Gasteiger partial charge >= 0.3 is 6.18 Å². The van der Waals surface area contributed by atoms with Crippen molar-refractivity contribution in [2.45, 2.75) is 43.1 Å². The summed E-state index contributed by atoms with van der Waals surface area (Å²) in [5.74, 6) is 0.102. The Kier molecular flexibility index (Phi) is 5.77. The van der Waals surface area contributed by atoms with Crippen LogP contribution in [-0.4, -0.2) is 44.4 Å². The standard InChI is InChI=1S/C18H19F3N6O3S/c19-18(20,21)11-3-6-13(14(9-11)27(29)30)22-15(28)10-31-17-24-23-16(25-7-1-2-8-25)26(17)12-4-5-12/h3,6,9,12H,1-2,4-5,7-8,10H2,(H,22,28). The Labute approximate surface area is 179 Å². The predicted octanol–water partition coefficient (Wildman–Crippen LogP) is 3.87. The molecule has 0 atom stereocenters. The molecule has 31 heavy (non-hydrogen) atoms. The van der Waals surface area contributed by atoms with Crippen LogP contribution in [0.3, 0.4) is 0 Å². The van der Waals surface area contributed by atoms with Crippen LogP contribution < -0.4 is 10.2 Å². The SMILES string of the molecule is O=C(CSc1nnc(N2CCCC2)n1C1CC1)Nc1ccc(C(F)(F)F)cc1[N+](=O)[O-]. The number of carbonyl (C=O) groups excluding carboxylic acids is 1. The Bertz CT molecular complexity index is 1000. The summed E-state index contributed by atoms with van der Waals surface area (Å²) in [4.78, 5) is 24.7. The third-order valence-electron chi connectivity index (χ3n) is 5.08. The highest BCUT2D eigenvalue weighted by Gasteiger charge is 2.34. The highest BCUT2D eigenvalue weighted by Crippen LogP contribution is 2.41. The fourth-order valence-electron chi connectivity index (χ4n) is 3.43. The number of halogens is 3. The number of nitrogens with one attached hydrogen (secondary N) is 1. The smallest absolute Gasteiger partial charge is 0.341 e. The van der Waals surface area contributed by atoms with Gasteiger partial charge in [-0.25, -0.2) is 0 Å². The van der Waals surface area contributed by atoms with Gasteiger partial charge in [-0.15, -0.1) is 10.2 Å². The van der Waals surface area contributed by atoms with Crippen LogP contribution in [0.4, 0.5) is 30.5 Å². The summed E-state index contributed by atoms with van der Waals surface area (Å²) in [5.41, 5.74) is -2.26. The van der Waals surface area contributed by atoms with Crippen LogP contribution in [-0.2, 0) is 11.0 Å². The molecule has 1 aliphatic heterocycles. The molecule has 0 radical (unpaired) electrons. The maximum atomic E-state index is 12.8. The number of thioether (sulfide) groups is 1. The van der Waals surface area contributed by atoms with E-state index >= 15 is 0 Å². The van der Waals surface area contributed by atoms with Crippen molar-refractivity contribution in [3.8, 4) is 0 Å². The summed E-state index contributed by atoms with van der Waals surface area (Å²) in [5, 5.41) is 22.6. The van der Waals surface area contributed by atoms with Gasteiger partial charge in [0, 0.05) is 25.2 Å². The Morgan fingerprint density at radius 3 is 2.58 bits per heavy atom. The molecule has 1 aromatic heterocycles. The lowest BCUT2D eigenvalue weighted by Gasteiger charge is -2.17. The van der Waals surface area contributed by atoms with E-state index < -0.39 is 28.3 Å². The maximum absolute atomic E-state index is 12.8. The molecule has 0 unspecified atom stereocenters. The molecular weight excluding hydrogens is 437 g/mol. The number of amides is 1. The first-order valence-electron chi connectivity index (χ1n) is 9.72. The lowest BCUT2D eigenvalue weighted by atomic mass is 10.1. The number of hydrogen-bond acceptors (Lipinski definition) is 7. The molecule has 2 heterocycles. The quantitative estimate of drug-likeness (QED) is 0.383. The van der Waals surface area contributed by atoms with Crippen molar-refractivity contribution < 1.29 is 22.9 Å². The van der Waals surface area contributed by atoms with Crippen LogP contribution in [0.1, 0.15) is 37.3 Å². The molecule has 0 bridgehead atoms. The van der Waals surface area contributed by atoms with Crippen molar-refractivity contribution in [1.82, 2.24) is 14.8 Å². The van der Waals surface area contributed by atoms with Gasteiger partial charge in [-0.1, -0.05) is 11.8 Å². The Morgan fingerprint density at radius 2 is 1.97 bits per heavy atom. The van der Waals surface area contributed by atoms with Crippen molar-refractivity contribution in [2.75, 3.05) is 29.1 Å². The van der Waals surface area contributed by atoms with Crippen molar-refractivity contribution in [3.63, 3.8) is 0 Å². The number of nitrogens with zero attached hydrogens (tertiary/aromatic N) is 5. The average Bonchev–Trinajstić information content (AvgIpc) is 3.23. The predicted molar refractivity (Wildman–Crippen MR) is 107 cm³/mol. The van der Waals surface area contributed by atoms with Crippen molar-refractivity contribution in [3.05, 3.63) is 33.9 Å². The van der Waals surface area contributed by atoms with Gasteiger partial charge < -0.3 is 10.2 Å². The second-order valence-corrected chi connectivity index (χ2v) is 8.34. The van der Waals surface area contributed by atoms with Gasteiger partial charge in [0.2, 0.25) is 11.9 Å². The van der Waals surface area contributed by atoms with Gasteiger partial charge in [0.1, 0.15) is 5.69 Å². The molecule has 1 aliphatic carbocycles. The van der Waals surface area contributed by atoms with E-state index in [2.05, 4.69) is 20.4 Å². The number of carbonyl (C=O) groups is 1. The maximum Gasteiger partial charge on any atom is 0.416 e. The first-order valence-corrected chi connectivity index (χ1v) is 10.7. The van der Waals surface area contributed by atoms with E-state index in [0.29, 0.717) is 23.3 Å². The molecule has 13 heteroatoms. The summed E-state index contributed by atoms with van der Waals surface area (Å²) in [6.07, 6.45) is -0.515. The lowest BCUT2D eigenvalue weighted by molar-refractivity contribution is -0.384. The van der Waals surface area contributed by atoms with Gasteiger partial charge in [-0.3, -0.25) is 19.5 Å². The summed E-state index contributed by atoms with van der Waals surface area (Å²) in [7, 11) is 0. The van der Waals surface area contributed by atoms with Gasteiger partial charge in [0.15, 0.2) is 5.16 Å². The molecule has 2 fully saturated rings. The molecule has 166 valence electrons. The summed E-state index contributed by atoms with van der Waals surface area (Å²) < 4.78 is 40.5. The van der Waals surface area contributed by atoms with Crippen LogP contribution in [0, 0.1) is 10.1 Å². The number of anilines is 2. The van der Waals surface area contributed by atoms with Crippen LogP contribution in [0.2, 0.25) is 0 Å². The number of alkyl halides is 3. The lowest BCUT2D eigenvalue weighted by Crippen LogP contribution is -2.22. The molecule has 0 spiro atoms. The molecule has 4 rings (SSSR count). The molecule has 1 N–H and O–H groups in total. The number of nitro benzene ring substituents is 1. The van der Waals surface area contributed by atoms with Crippen LogP contribution in [0.25, 0.3) is 0 Å². The minimum Gasteiger partial charge on any atom is -0.341 e. The Morgan fingerprint density at radius 1 is 1.26 bits per heavy atom. The van der Waals surface area contributed by atoms with Gasteiger partial charge in [-0.05, 0) is 37.8 Å². The molecule has 2 aromatic rings. The molecular formula is C18H19F3N6O3S. The molecule has 1 amide bonds. The zero-order chi connectivity index (χ0) is 22.2. The Balaban J connectivity index is 1.45. The van der Waals surface area contributed by atoms with Crippen molar-refractivity contribution >= 4 is 35.0 Å². The van der Waals surface area contributed by atoms with E-state index in [4.69, 9.17) is 0 Å². The van der Waals surface area contributed by atoms with Gasteiger partial charge in [0.05, 0.1) is 16.2 Å². The number of rotatable bonds is 7. The minimum atomic E-state index is -4.72. The van der Waals surface area contributed by atoms with Crippen LogP contribution >= 0.6 is 11.8 Å². The molecule has 1 saturated heterocycles. The fourth-order valence-corrected chi connectivity index (χ4v) is 4.23. The molecule has 1 saturated carbocycles. The third-order valence-corrected chi connectivity index (χ3v) is 6.02. The first-order chi connectivity index (χ1) is 14.7. The number of benzene rings is 1. The van der Waals surface area contributed by atoms with Gasteiger partial charge in [-0.2, -0.15) is 13.2 Å². The number of hydrogen-bond donors (Lipinski definition) is 1. The second kappa shape index (κ2) is 8.36. The topological polar surface area (TPSA) is 106 Å². The highest BCUT2D eigenvalue weighted by molar-refractivity contribution is 7.99. The monoisotopic (exact) mass is 456 g/mol. The van der Waals surface area contributed by atoms with Crippen molar-refractivity contribution in [2.24, 2.45) is 0 Å². The second-order valence-electron chi connectivity index (χ2n) is 7.40. The molecule has 1 aromatic carbocycles. The Hall–Kier alpha value is -2.83. The minimum absolute atomic E-state index is 0.108. The molecule has 2 aliphatic rings. The number of aromatic nitrogens is 3. The molecule has 9 nitrogen and oxygen atoms in total. The number of nitro groups is 1. The van der Waals surface area contributed by atoms with E-state index in [1.54, 1.807) is 0 Å². The highest BCUT2D eigenvalue weighted by atomic mass is 32.2. The van der Waals surface area contributed by atoms with E-state index in [0.717, 1.165) is 62.5 Å². The zero-order valence-electron chi connectivity index (χ0n) is 16.3. The largest absolute Gasteiger partial charge is 0.416 e. The van der Waals surface area contributed by atoms with E-state index in [1.807, 2.05) is 4.57 Å².